The summed E-state index contributed by atoms with van der Waals surface area (Å²) >= 11 is 0. The van der Waals surface area contributed by atoms with E-state index in [9.17, 15) is 0 Å². The molecule has 0 radical (unpaired) electrons. The van der Waals surface area contributed by atoms with Crippen molar-refractivity contribution in [3.8, 4) is 5.88 Å². The molecule has 2 saturated heterocycles. The molecule has 0 spiro atoms. The summed E-state index contributed by atoms with van der Waals surface area (Å²) in [5.74, 6) is 1.36. The molecule has 2 bridgehead atoms. The molecule has 16 heavy (non-hydrogen) atoms. The number of piperidine rings is 2. The molecule has 1 aromatic heterocycles. The van der Waals surface area contributed by atoms with E-state index < -0.39 is 0 Å². The van der Waals surface area contributed by atoms with Gasteiger partial charge in [0.1, 0.15) is 6.10 Å². The first-order chi connectivity index (χ1) is 7.92. The van der Waals surface area contributed by atoms with Gasteiger partial charge in [-0.25, -0.2) is 4.98 Å². The van der Waals surface area contributed by atoms with Gasteiger partial charge in [0.25, 0.3) is 0 Å². The van der Waals surface area contributed by atoms with E-state index in [1.165, 1.54) is 32.5 Å². The predicted molar refractivity (Wildman–Crippen MR) is 60.2 cm³/mol. The fourth-order valence-corrected chi connectivity index (χ4v) is 2.80. The normalized spacial score (nSPS) is 33.4. The molecule has 4 heteroatoms. The first-order valence-corrected chi connectivity index (χ1v) is 6.07. The van der Waals surface area contributed by atoms with Crippen molar-refractivity contribution in [2.24, 2.45) is 5.92 Å². The van der Waals surface area contributed by atoms with Gasteiger partial charge >= 0.3 is 0 Å². The van der Waals surface area contributed by atoms with Crippen LogP contribution in [0.3, 0.4) is 0 Å². The Balaban J connectivity index is 1.66. The number of nitrogens with zero attached hydrogens (tertiary/aromatic N) is 3. The fraction of sp³-hybridized carbons (Fsp3) is 0.667. The Kier molecular flexibility index (Phi) is 2.74. The molecule has 3 rings (SSSR count). The molecule has 0 amide bonds. The van der Waals surface area contributed by atoms with Gasteiger partial charge in [0, 0.05) is 31.4 Å². The van der Waals surface area contributed by atoms with E-state index in [-0.39, 0.29) is 0 Å². The molecule has 4 nitrogen and oxygen atoms in total. The van der Waals surface area contributed by atoms with Crippen molar-refractivity contribution < 1.29 is 4.74 Å². The molecule has 0 N–H and O–H groups in total. The summed E-state index contributed by atoms with van der Waals surface area (Å²) in [7, 11) is 0. The smallest absolute Gasteiger partial charge is 0.232 e. The first-order valence-electron chi connectivity index (χ1n) is 6.07. The molecule has 1 aromatic rings. The molecule has 3 atom stereocenters. The quantitative estimate of drug-likeness (QED) is 0.752. The molecular weight excluding hydrogens is 202 g/mol. The largest absolute Gasteiger partial charge is 0.473 e. The molecule has 0 aromatic carbocycles. The van der Waals surface area contributed by atoms with Crippen LogP contribution in [0, 0.1) is 5.92 Å². The van der Waals surface area contributed by atoms with Gasteiger partial charge in [-0.05, 0) is 25.8 Å². The maximum Gasteiger partial charge on any atom is 0.232 e. The van der Waals surface area contributed by atoms with Gasteiger partial charge in [-0.3, -0.25) is 4.98 Å². The Labute approximate surface area is 95.7 Å². The van der Waals surface area contributed by atoms with Gasteiger partial charge in [-0.15, -0.1) is 0 Å². The maximum absolute atomic E-state index is 5.94. The highest BCUT2D eigenvalue weighted by atomic mass is 16.5. The monoisotopic (exact) mass is 219 g/mol. The molecule has 2 fully saturated rings. The van der Waals surface area contributed by atoms with Crippen LogP contribution in [0.15, 0.2) is 18.6 Å². The molecule has 3 heterocycles. The zero-order valence-electron chi connectivity index (χ0n) is 9.38. The second-order valence-electron chi connectivity index (χ2n) is 4.69. The minimum absolute atomic E-state index is 0.341. The number of hydrogen-bond donors (Lipinski definition) is 0. The van der Waals surface area contributed by atoms with Crippen LogP contribution in [0.2, 0.25) is 0 Å². The van der Waals surface area contributed by atoms with Crippen LogP contribution in [0.25, 0.3) is 0 Å². The SMILES string of the molecule is c1cnc(O[C@H]2CCN3CCCC2C3)cn1. The van der Waals surface area contributed by atoms with Crippen molar-refractivity contribution >= 4 is 0 Å². The maximum atomic E-state index is 5.94. The molecular formula is C12H17N3O. The minimum Gasteiger partial charge on any atom is -0.473 e. The third-order valence-electron chi connectivity index (χ3n) is 3.61. The van der Waals surface area contributed by atoms with Crippen LogP contribution in [0.4, 0.5) is 0 Å². The Morgan fingerprint density at radius 3 is 3.12 bits per heavy atom. The molecule has 2 aliphatic heterocycles. The molecule has 2 aliphatic rings. The standard InChI is InChI=1S/C12H17N3O/c1-2-10-9-15(6-1)7-3-11(10)16-12-8-13-4-5-14-12/h4-5,8,10-11H,1-3,6-7,9H2/t10?,11-/m0/s1. The Morgan fingerprint density at radius 1 is 1.25 bits per heavy atom. The summed E-state index contributed by atoms with van der Waals surface area (Å²) in [6.07, 6.45) is 9.14. The van der Waals surface area contributed by atoms with Crippen molar-refractivity contribution in [1.82, 2.24) is 14.9 Å². The highest BCUT2D eigenvalue weighted by Crippen LogP contribution is 2.28. The van der Waals surface area contributed by atoms with E-state index in [4.69, 9.17) is 4.74 Å². The van der Waals surface area contributed by atoms with Crippen LogP contribution < -0.4 is 4.74 Å². The zero-order valence-corrected chi connectivity index (χ0v) is 9.38. The summed E-state index contributed by atoms with van der Waals surface area (Å²) in [5.41, 5.74) is 0. The van der Waals surface area contributed by atoms with Gasteiger partial charge in [0.2, 0.25) is 5.88 Å². The van der Waals surface area contributed by atoms with E-state index in [0.29, 0.717) is 17.9 Å². The lowest BCUT2D eigenvalue weighted by molar-refractivity contribution is 0.0126. The van der Waals surface area contributed by atoms with Crippen molar-refractivity contribution in [2.75, 3.05) is 19.6 Å². The molecule has 86 valence electrons. The Bertz CT molecular complexity index is 343. The highest BCUT2D eigenvalue weighted by Gasteiger charge is 2.33. The molecule has 0 aliphatic carbocycles. The van der Waals surface area contributed by atoms with E-state index in [1.54, 1.807) is 18.6 Å². The summed E-state index contributed by atoms with van der Waals surface area (Å²) in [5, 5.41) is 0. The van der Waals surface area contributed by atoms with Crippen LogP contribution in [0.5, 0.6) is 5.88 Å². The van der Waals surface area contributed by atoms with E-state index in [1.807, 2.05) is 0 Å². The van der Waals surface area contributed by atoms with Crippen molar-refractivity contribution in [2.45, 2.75) is 25.4 Å². The van der Waals surface area contributed by atoms with Gasteiger partial charge in [0.15, 0.2) is 0 Å². The number of rotatable bonds is 2. The van der Waals surface area contributed by atoms with Crippen molar-refractivity contribution in [3.05, 3.63) is 18.6 Å². The summed E-state index contributed by atoms with van der Waals surface area (Å²) in [6, 6.07) is 0. The van der Waals surface area contributed by atoms with Gasteiger partial charge < -0.3 is 9.64 Å². The third kappa shape index (κ3) is 2.02. The second kappa shape index (κ2) is 4.37. The first kappa shape index (κ1) is 10.0. The lowest BCUT2D eigenvalue weighted by Crippen LogP contribution is -2.49. The number of fused-ring (bicyclic) bond motifs is 2. The zero-order chi connectivity index (χ0) is 10.8. The second-order valence-corrected chi connectivity index (χ2v) is 4.69. The average molecular weight is 219 g/mol. The average Bonchev–Trinajstić information content (AvgIpc) is 2.35. The third-order valence-corrected chi connectivity index (χ3v) is 3.61. The minimum atomic E-state index is 0.341. The number of aromatic nitrogens is 2. The number of ether oxygens (including phenoxy) is 1. The van der Waals surface area contributed by atoms with Crippen LogP contribution in [-0.2, 0) is 0 Å². The van der Waals surface area contributed by atoms with Gasteiger partial charge in [0.05, 0.1) is 6.20 Å². The lowest BCUT2D eigenvalue weighted by Gasteiger charge is -2.42. The Morgan fingerprint density at radius 2 is 2.25 bits per heavy atom. The summed E-state index contributed by atoms with van der Waals surface area (Å²) < 4.78 is 5.94. The van der Waals surface area contributed by atoms with Crippen LogP contribution in [0.1, 0.15) is 19.3 Å². The van der Waals surface area contributed by atoms with Crippen LogP contribution in [-0.4, -0.2) is 40.6 Å². The summed E-state index contributed by atoms with van der Waals surface area (Å²) in [4.78, 5) is 10.8. The lowest BCUT2D eigenvalue weighted by atomic mass is 9.87. The van der Waals surface area contributed by atoms with Gasteiger partial charge in [-0.1, -0.05) is 0 Å². The summed E-state index contributed by atoms with van der Waals surface area (Å²) in [6.45, 7) is 3.64. The van der Waals surface area contributed by atoms with Gasteiger partial charge in [-0.2, -0.15) is 0 Å². The number of hydrogen-bond acceptors (Lipinski definition) is 4. The molecule has 2 unspecified atom stereocenters. The van der Waals surface area contributed by atoms with E-state index >= 15 is 0 Å². The van der Waals surface area contributed by atoms with Crippen molar-refractivity contribution in [1.29, 1.82) is 0 Å². The predicted octanol–water partition coefficient (Wildman–Crippen LogP) is 1.34. The topological polar surface area (TPSA) is 38.2 Å². The van der Waals surface area contributed by atoms with E-state index in [2.05, 4.69) is 14.9 Å². The fourth-order valence-electron chi connectivity index (χ4n) is 2.80. The van der Waals surface area contributed by atoms with Crippen LogP contribution >= 0.6 is 0 Å². The van der Waals surface area contributed by atoms with Crippen molar-refractivity contribution in [3.63, 3.8) is 0 Å². The molecule has 0 saturated carbocycles. The highest BCUT2D eigenvalue weighted by molar-refractivity contribution is 5.03. The van der Waals surface area contributed by atoms with E-state index in [0.717, 1.165) is 6.42 Å². The Hall–Kier alpha value is -1.16.